The van der Waals surface area contributed by atoms with Crippen molar-refractivity contribution in [3.63, 3.8) is 0 Å². The van der Waals surface area contributed by atoms with Gasteiger partial charge in [0.05, 0.1) is 6.10 Å². The Labute approximate surface area is 135 Å². The second kappa shape index (κ2) is 6.49. The first-order chi connectivity index (χ1) is 5.11. The van der Waals surface area contributed by atoms with Gasteiger partial charge < -0.3 is 5.11 Å². The summed E-state index contributed by atoms with van der Waals surface area (Å²) in [5.41, 5.74) is 0. The Morgan fingerprint density at radius 1 is 1.25 bits per heavy atom. The first-order valence-electron chi connectivity index (χ1n) is 4.79. The van der Waals surface area contributed by atoms with E-state index in [2.05, 4.69) is 20.8 Å². The molecule has 12 heavy (non-hydrogen) atoms. The fourth-order valence-corrected chi connectivity index (χ4v) is 2.15. The summed E-state index contributed by atoms with van der Waals surface area (Å²) in [5, 5.41) is 9.71. The number of rotatable bonds is 1. The number of aliphatic hydroxyl groups is 1. The summed E-state index contributed by atoms with van der Waals surface area (Å²) < 4.78 is 0. The Hall–Kier alpha value is 2.01. The molecule has 1 nitrogen and oxygen atoms in total. The Morgan fingerprint density at radius 3 is 2.25 bits per heavy atom. The van der Waals surface area contributed by atoms with Crippen LogP contribution in [0.15, 0.2) is 0 Å². The Kier molecular flexibility index (Phi) is 7.57. The van der Waals surface area contributed by atoms with Gasteiger partial charge in [0, 0.05) is 0 Å². The fraction of sp³-hybridized carbons (Fsp3) is 1.00. The van der Waals surface area contributed by atoms with Crippen molar-refractivity contribution >= 4 is 68.9 Å². The molecule has 0 bridgehead atoms. The molecule has 1 aliphatic rings. The number of hydrogen-bond donors (Lipinski definition) is 1. The summed E-state index contributed by atoms with van der Waals surface area (Å²) in [6.07, 6.45) is 3.52. The van der Waals surface area contributed by atoms with Crippen LogP contribution in [0.4, 0.5) is 0 Å². The van der Waals surface area contributed by atoms with Crippen LogP contribution in [0.5, 0.6) is 0 Å². The maximum absolute atomic E-state index is 9.71. The monoisotopic (exact) mass is 290 g/mol. The molecular weight excluding hydrogens is 269 g/mol. The molecule has 0 aromatic heterocycles. The van der Waals surface area contributed by atoms with Crippen molar-refractivity contribution in [2.45, 2.75) is 46.1 Å². The zero-order chi connectivity index (χ0) is 8.43. The van der Waals surface area contributed by atoms with E-state index >= 15 is 0 Å². The van der Waals surface area contributed by atoms with Crippen LogP contribution in [-0.4, -0.2) is 80.1 Å². The van der Waals surface area contributed by atoms with Gasteiger partial charge in [-0.1, -0.05) is 27.2 Å². The van der Waals surface area contributed by atoms with E-state index in [9.17, 15) is 5.11 Å². The maximum atomic E-state index is 9.71. The van der Waals surface area contributed by atoms with Gasteiger partial charge >= 0.3 is 68.9 Å². The van der Waals surface area contributed by atoms with Gasteiger partial charge in [-0.2, -0.15) is 0 Å². The summed E-state index contributed by atoms with van der Waals surface area (Å²) in [6, 6.07) is 0. The van der Waals surface area contributed by atoms with E-state index < -0.39 is 0 Å². The SMILES string of the molecule is CC(C)[C@@H]1CC[C@@H](C)C[C@H]1O.[CsH]. The van der Waals surface area contributed by atoms with E-state index in [0.29, 0.717) is 11.8 Å². The van der Waals surface area contributed by atoms with Gasteiger partial charge in [0.2, 0.25) is 0 Å². The average molecular weight is 290 g/mol. The van der Waals surface area contributed by atoms with Crippen molar-refractivity contribution < 1.29 is 5.11 Å². The van der Waals surface area contributed by atoms with E-state index in [1.165, 1.54) is 12.8 Å². The van der Waals surface area contributed by atoms with Gasteiger partial charge in [0.25, 0.3) is 0 Å². The molecule has 1 fully saturated rings. The van der Waals surface area contributed by atoms with E-state index in [1.807, 2.05) is 0 Å². The minimum atomic E-state index is -0.0289. The average Bonchev–Trinajstić information content (AvgIpc) is 1.85. The summed E-state index contributed by atoms with van der Waals surface area (Å²) in [7, 11) is 0. The molecule has 1 saturated carbocycles. The van der Waals surface area contributed by atoms with Crippen LogP contribution in [0.1, 0.15) is 40.0 Å². The molecule has 0 amide bonds. The van der Waals surface area contributed by atoms with Crippen LogP contribution in [0, 0.1) is 17.8 Å². The van der Waals surface area contributed by atoms with Crippen molar-refractivity contribution in [3.05, 3.63) is 0 Å². The second-order valence-corrected chi connectivity index (χ2v) is 4.39. The zero-order valence-electron chi connectivity index (χ0n) is 7.88. The number of hydrogen-bond acceptors (Lipinski definition) is 1. The molecule has 3 atom stereocenters. The molecule has 68 valence electrons. The zero-order valence-corrected chi connectivity index (χ0v) is 7.88. The van der Waals surface area contributed by atoms with E-state index in [-0.39, 0.29) is 75.0 Å². The summed E-state index contributed by atoms with van der Waals surface area (Å²) >= 11 is 0. The van der Waals surface area contributed by atoms with Gasteiger partial charge in [-0.3, -0.25) is 0 Å². The quantitative estimate of drug-likeness (QED) is 0.780. The molecule has 1 aliphatic carbocycles. The fourth-order valence-electron chi connectivity index (χ4n) is 2.15. The molecule has 0 aromatic carbocycles. The molecule has 2 heteroatoms. The van der Waals surface area contributed by atoms with E-state index in [1.54, 1.807) is 0 Å². The van der Waals surface area contributed by atoms with Crippen LogP contribution in [0.3, 0.4) is 0 Å². The normalized spacial score (nSPS) is 36.2. The first-order valence-corrected chi connectivity index (χ1v) is 4.79. The molecule has 0 radical (unpaired) electrons. The van der Waals surface area contributed by atoms with Crippen molar-refractivity contribution in [2.75, 3.05) is 0 Å². The standard InChI is InChI=1S/C10H20O.Cs.H/c1-7(2)9-5-4-8(3)6-10(9)11;;/h7-11H,4-6H2,1-3H3;;/t8-,9+,10-;;/m1../s1. The molecule has 0 heterocycles. The summed E-state index contributed by atoms with van der Waals surface area (Å²) in [6.45, 7) is 6.66. The third-order valence-corrected chi connectivity index (χ3v) is 2.99. The molecule has 0 saturated heterocycles. The third-order valence-electron chi connectivity index (χ3n) is 2.99. The predicted octanol–water partition coefficient (Wildman–Crippen LogP) is 1.79. The van der Waals surface area contributed by atoms with Gasteiger partial charge in [-0.25, -0.2) is 0 Å². The molecule has 0 aromatic rings. The molecule has 0 unspecified atom stereocenters. The Bertz CT molecular complexity index is 125. The predicted molar refractivity (Wildman–Crippen MR) is 54.5 cm³/mol. The Morgan fingerprint density at radius 2 is 1.83 bits per heavy atom. The van der Waals surface area contributed by atoms with Crippen molar-refractivity contribution in [1.29, 1.82) is 0 Å². The first kappa shape index (κ1) is 14.0. The van der Waals surface area contributed by atoms with Crippen LogP contribution in [0.25, 0.3) is 0 Å². The third kappa shape index (κ3) is 4.03. The molecule has 1 N–H and O–H groups in total. The van der Waals surface area contributed by atoms with Crippen molar-refractivity contribution in [1.82, 2.24) is 0 Å². The molecular formula is C10H21CsO. The van der Waals surface area contributed by atoms with Gasteiger partial charge in [-0.05, 0) is 30.6 Å². The Balaban J connectivity index is 0.00000121. The topological polar surface area (TPSA) is 20.2 Å². The summed E-state index contributed by atoms with van der Waals surface area (Å²) in [4.78, 5) is 0. The van der Waals surface area contributed by atoms with Gasteiger partial charge in [0.15, 0.2) is 0 Å². The molecule has 1 rings (SSSR count). The second-order valence-electron chi connectivity index (χ2n) is 4.39. The van der Waals surface area contributed by atoms with Crippen LogP contribution >= 0.6 is 0 Å². The molecule has 0 spiro atoms. The van der Waals surface area contributed by atoms with Crippen molar-refractivity contribution in [2.24, 2.45) is 17.8 Å². The van der Waals surface area contributed by atoms with Gasteiger partial charge in [-0.15, -0.1) is 0 Å². The summed E-state index contributed by atoms with van der Waals surface area (Å²) in [5.74, 6) is 1.95. The van der Waals surface area contributed by atoms with Gasteiger partial charge in [0.1, 0.15) is 0 Å². The van der Waals surface area contributed by atoms with E-state index in [4.69, 9.17) is 0 Å². The molecule has 0 aliphatic heterocycles. The van der Waals surface area contributed by atoms with E-state index in [0.717, 1.165) is 12.3 Å². The van der Waals surface area contributed by atoms with Crippen molar-refractivity contribution in [3.8, 4) is 0 Å². The minimum absolute atomic E-state index is 0. The van der Waals surface area contributed by atoms with Crippen LogP contribution < -0.4 is 0 Å². The van der Waals surface area contributed by atoms with Crippen LogP contribution in [0.2, 0.25) is 0 Å². The van der Waals surface area contributed by atoms with Crippen LogP contribution in [-0.2, 0) is 0 Å². The number of aliphatic hydroxyl groups excluding tert-OH is 1.